The molecule has 1 fully saturated rings. The number of nitrogens with zero attached hydrogens (tertiary/aromatic N) is 3. The minimum Gasteiger partial charge on any atom is -0.396 e. The van der Waals surface area contributed by atoms with Crippen LogP contribution < -0.4 is 4.90 Å². The number of fused-ring (bicyclic) bond motifs is 1. The fourth-order valence-corrected chi connectivity index (χ4v) is 4.90. The van der Waals surface area contributed by atoms with E-state index >= 15 is 0 Å². The summed E-state index contributed by atoms with van der Waals surface area (Å²) in [5.41, 5.74) is 6.42. The minimum absolute atomic E-state index is 0.210. The molecule has 1 aliphatic carbocycles. The molecule has 0 spiro atoms. The topological polar surface area (TPSA) is 39.6 Å². The summed E-state index contributed by atoms with van der Waals surface area (Å²) in [5.74, 6) is 1.91. The SMILES string of the molecule is C=C1CCC(C)(C)c2ccc(-c3cccc(N4CCN(CCCCCO)CC4)n3)cc21.CC(C)C. The molecule has 0 unspecified atom stereocenters. The minimum atomic E-state index is 0.210. The van der Waals surface area contributed by atoms with Crippen LogP contribution in [0.3, 0.4) is 0 Å². The highest BCUT2D eigenvalue weighted by atomic mass is 16.2. The van der Waals surface area contributed by atoms with Crippen LogP contribution in [0.1, 0.15) is 77.8 Å². The maximum atomic E-state index is 8.93. The monoisotopic (exact) mass is 477 g/mol. The van der Waals surface area contributed by atoms with Gasteiger partial charge >= 0.3 is 0 Å². The van der Waals surface area contributed by atoms with Crippen LogP contribution in [0, 0.1) is 5.92 Å². The number of unbranched alkanes of at least 4 members (excludes halogenated alkanes) is 2. The molecule has 0 radical (unpaired) electrons. The molecule has 4 nitrogen and oxygen atoms in total. The number of aliphatic hydroxyl groups is 1. The van der Waals surface area contributed by atoms with Gasteiger partial charge in [-0.3, -0.25) is 4.90 Å². The van der Waals surface area contributed by atoms with Crippen molar-refractivity contribution in [3.8, 4) is 11.3 Å². The maximum absolute atomic E-state index is 8.93. The average molecular weight is 478 g/mol. The number of aliphatic hydroxyl groups excluding tert-OH is 1. The second-order valence-electron chi connectivity index (χ2n) is 11.5. The third-order valence-corrected chi connectivity index (χ3v) is 7.04. The van der Waals surface area contributed by atoms with Gasteiger partial charge in [-0.25, -0.2) is 4.98 Å². The van der Waals surface area contributed by atoms with Crippen LogP contribution in [0.15, 0.2) is 43.0 Å². The number of benzene rings is 1. The van der Waals surface area contributed by atoms with Crippen molar-refractivity contribution in [2.75, 3.05) is 44.2 Å². The number of aromatic nitrogens is 1. The van der Waals surface area contributed by atoms with Gasteiger partial charge < -0.3 is 10.0 Å². The van der Waals surface area contributed by atoms with Gasteiger partial charge in [-0.2, -0.15) is 0 Å². The Morgan fingerprint density at radius 1 is 1.00 bits per heavy atom. The lowest BCUT2D eigenvalue weighted by molar-refractivity contribution is 0.242. The van der Waals surface area contributed by atoms with Gasteiger partial charge in [-0.05, 0) is 84.9 Å². The molecule has 1 aromatic heterocycles. The van der Waals surface area contributed by atoms with Gasteiger partial charge in [0, 0.05) is 38.3 Å². The van der Waals surface area contributed by atoms with Crippen LogP contribution in [0.2, 0.25) is 0 Å². The van der Waals surface area contributed by atoms with E-state index in [1.807, 2.05) is 0 Å². The van der Waals surface area contributed by atoms with E-state index in [2.05, 4.69) is 87.4 Å². The molecule has 4 heteroatoms. The summed E-state index contributed by atoms with van der Waals surface area (Å²) in [5, 5.41) is 8.93. The molecule has 1 saturated heterocycles. The highest BCUT2D eigenvalue weighted by Gasteiger charge is 2.29. The van der Waals surface area contributed by atoms with Crippen molar-refractivity contribution in [2.24, 2.45) is 5.92 Å². The van der Waals surface area contributed by atoms with Gasteiger partial charge in [-0.15, -0.1) is 0 Å². The van der Waals surface area contributed by atoms with E-state index in [0.29, 0.717) is 6.61 Å². The smallest absolute Gasteiger partial charge is 0.129 e. The molecular weight excluding hydrogens is 430 g/mol. The van der Waals surface area contributed by atoms with Crippen LogP contribution in [0.5, 0.6) is 0 Å². The number of piperazine rings is 1. The molecule has 35 heavy (non-hydrogen) atoms. The molecule has 0 amide bonds. The van der Waals surface area contributed by atoms with E-state index in [0.717, 1.165) is 69.4 Å². The Bertz CT molecular complexity index is 955. The second-order valence-corrected chi connectivity index (χ2v) is 11.5. The molecule has 0 saturated carbocycles. The molecule has 2 aromatic rings. The van der Waals surface area contributed by atoms with Crippen LogP contribution in [-0.2, 0) is 5.41 Å². The van der Waals surface area contributed by atoms with Crippen molar-refractivity contribution in [1.82, 2.24) is 9.88 Å². The van der Waals surface area contributed by atoms with Crippen molar-refractivity contribution < 1.29 is 5.11 Å². The van der Waals surface area contributed by atoms with Crippen LogP contribution in [-0.4, -0.2) is 54.3 Å². The summed E-state index contributed by atoms with van der Waals surface area (Å²) in [4.78, 5) is 9.99. The van der Waals surface area contributed by atoms with E-state index in [9.17, 15) is 0 Å². The third kappa shape index (κ3) is 7.65. The summed E-state index contributed by atoms with van der Waals surface area (Å²) >= 11 is 0. The highest BCUT2D eigenvalue weighted by Crippen LogP contribution is 2.42. The first-order chi connectivity index (χ1) is 16.7. The molecule has 1 N–H and O–H groups in total. The Balaban J connectivity index is 0.000000795. The molecule has 1 aromatic carbocycles. The van der Waals surface area contributed by atoms with E-state index in [-0.39, 0.29) is 5.41 Å². The van der Waals surface area contributed by atoms with E-state index in [1.165, 1.54) is 35.1 Å². The van der Waals surface area contributed by atoms with Crippen molar-refractivity contribution in [2.45, 2.75) is 72.1 Å². The zero-order valence-corrected chi connectivity index (χ0v) is 22.8. The van der Waals surface area contributed by atoms with Crippen LogP contribution in [0.25, 0.3) is 16.8 Å². The average Bonchev–Trinajstić information content (AvgIpc) is 2.84. The predicted octanol–water partition coefficient (Wildman–Crippen LogP) is 6.78. The second kappa shape index (κ2) is 12.7. The number of allylic oxidation sites excluding steroid dienone is 1. The predicted molar refractivity (Wildman–Crippen MR) is 151 cm³/mol. The molecule has 2 heterocycles. The van der Waals surface area contributed by atoms with Crippen LogP contribution in [0.4, 0.5) is 5.82 Å². The van der Waals surface area contributed by atoms with E-state index in [1.54, 1.807) is 0 Å². The largest absolute Gasteiger partial charge is 0.396 e. The number of hydrogen-bond donors (Lipinski definition) is 1. The summed E-state index contributed by atoms with van der Waals surface area (Å²) in [6, 6.07) is 13.2. The van der Waals surface area contributed by atoms with Gasteiger partial charge in [0.1, 0.15) is 5.82 Å². The molecule has 4 rings (SSSR count). The molecule has 2 aliphatic rings. The maximum Gasteiger partial charge on any atom is 0.129 e. The zero-order chi connectivity index (χ0) is 25.4. The Morgan fingerprint density at radius 2 is 1.71 bits per heavy atom. The number of rotatable bonds is 7. The highest BCUT2D eigenvalue weighted by molar-refractivity contribution is 5.75. The Hall–Kier alpha value is -2.17. The number of pyridine rings is 1. The van der Waals surface area contributed by atoms with E-state index < -0.39 is 0 Å². The number of anilines is 1. The van der Waals surface area contributed by atoms with Gasteiger partial charge in [-0.1, -0.05) is 59.4 Å². The Labute approximate surface area is 214 Å². The first-order valence-electron chi connectivity index (χ1n) is 13.6. The first-order valence-corrected chi connectivity index (χ1v) is 13.6. The van der Waals surface area contributed by atoms with E-state index in [4.69, 9.17) is 10.1 Å². The Morgan fingerprint density at radius 3 is 2.40 bits per heavy atom. The van der Waals surface area contributed by atoms with Gasteiger partial charge in [0.25, 0.3) is 0 Å². The first kappa shape index (κ1) is 27.4. The Kier molecular flexibility index (Phi) is 9.94. The van der Waals surface area contributed by atoms with Crippen molar-refractivity contribution in [3.05, 3.63) is 54.1 Å². The van der Waals surface area contributed by atoms with Crippen LogP contribution >= 0.6 is 0 Å². The molecule has 192 valence electrons. The lowest BCUT2D eigenvalue weighted by Crippen LogP contribution is -2.46. The fourth-order valence-electron chi connectivity index (χ4n) is 4.90. The van der Waals surface area contributed by atoms with Crippen molar-refractivity contribution in [3.63, 3.8) is 0 Å². The lowest BCUT2D eigenvalue weighted by atomic mass is 9.71. The molecular formula is C31H47N3O. The summed E-state index contributed by atoms with van der Waals surface area (Å²) in [6.07, 6.45) is 5.45. The molecule has 0 bridgehead atoms. The summed E-state index contributed by atoms with van der Waals surface area (Å²) in [7, 11) is 0. The fraction of sp³-hybridized carbons (Fsp3) is 0.581. The number of hydrogen-bond acceptors (Lipinski definition) is 4. The third-order valence-electron chi connectivity index (χ3n) is 7.04. The van der Waals surface area contributed by atoms with Gasteiger partial charge in [0.2, 0.25) is 0 Å². The lowest BCUT2D eigenvalue weighted by Gasteiger charge is -2.35. The van der Waals surface area contributed by atoms with Gasteiger partial charge in [0.05, 0.1) is 5.69 Å². The van der Waals surface area contributed by atoms with Crippen molar-refractivity contribution >= 4 is 11.4 Å². The zero-order valence-electron chi connectivity index (χ0n) is 22.8. The quantitative estimate of drug-likeness (QED) is 0.446. The standard InChI is InChI=1S/C27H37N3O.C4H10/c1-21-12-13-27(2,3)24-11-10-22(20-23(21)24)25-8-7-9-26(28-25)30-17-15-29(16-18-30)14-5-4-6-19-31;1-4(2)3/h7-11,20,31H,1,4-6,12-19H2,2-3H3;4H,1-3H3. The molecule has 1 aliphatic heterocycles. The summed E-state index contributed by atoms with van der Waals surface area (Å²) in [6.45, 7) is 21.2. The molecule has 0 atom stereocenters. The normalized spacial score (nSPS) is 17.7. The van der Waals surface area contributed by atoms with Gasteiger partial charge in [0.15, 0.2) is 0 Å². The summed E-state index contributed by atoms with van der Waals surface area (Å²) < 4.78 is 0. The van der Waals surface area contributed by atoms with Crippen molar-refractivity contribution in [1.29, 1.82) is 0 Å².